The molecule has 0 spiro atoms. The third-order valence-electron chi connectivity index (χ3n) is 4.15. The zero-order chi connectivity index (χ0) is 18.8. The van der Waals surface area contributed by atoms with Crippen molar-refractivity contribution in [2.24, 2.45) is 0 Å². The van der Waals surface area contributed by atoms with Crippen molar-refractivity contribution in [1.29, 1.82) is 0 Å². The standard InChI is InChI=1S/C20H20N2O3S/c1-12-9-10-17(13(2)11-12)22-18(23)15-7-5-6-8-16(15)21-20(22)26-14(3)19(24)25-4/h5-11,14H,1-4H3. The van der Waals surface area contributed by atoms with Gasteiger partial charge in [-0.15, -0.1) is 0 Å². The lowest BCUT2D eigenvalue weighted by atomic mass is 10.1. The fourth-order valence-electron chi connectivity index (χ4n) is 2.83. The van der Waals surface area contributed by atoms with E-state index >= 15 is 0 Å². The minimum Gasteiger partial charge on any atom is -0.468 e. The first kappa shape index (κ1) is 18.2. The molecule has 5 nitrogen and oxygen atoms in total. The summed E-state index contributed by atoms with van der Waals surface area (Å²) >= 11 is 1.22. The van der Waals surface area contributed by atoms with Crippen LogP contribution in [0.1, 0.15) is 18.1 Å². The van der Waals surface area contributed by atoms with Crippen molar-refractivity contribution in [1.82, 2.24) is 9.55 Å². The zero-order valence-corrected chi connectivity index (χ0v) is 16.0. The minimum absolute atomic E-state index is 0.151. The molecule has 0 radical (unpaired) electrons. The molecule has 0 aliphatic rings. The summed E-state index contributed by atoms with van der Waals surface area (Å²) in [6.07, 6.45) is 0. The second-order valence-electron chi connectivity index (χ2n) is 6.13. The number of methoxy groups -OCH3 is 1. The van der Waals surface area contributed by atoms with Gasteiger partial charge in [0.05, 0.1) is 23.7 Å². The predicted molar refractivity (Wildman–Crippen MR) is 104 cm³/mol. The van der Waals surface area contributed by atoms with Crippen LogP contribution in [0.15, 0.2) is 52.4 Å². The van der Waals surface area contributed by atoms with E-state index in [1.807, 2.05) is 44.2 Å². The lowest BCUT2D eigenvalue weighted by molar-refractivity contribution is -0.139. The molecule has 26 heavy (non-hydrogen) atoms. The third kappa shape index (κ3) is 3.37. The molecular formula is C20H20N2O3S. The van der Waals surface area contributed by atoms with Crippen LogP contribution in [0, 0.1) is 13.8 Å². The van der Waals surface area contributed by atoms with Crippen molar-refractivity contribution in [2.45, 2.75) is 31.2 Å². The number of para-hydroxylation sites is 1. The van der Waals surface area contributed by atoms with Crippen LogP contribution < -0.4 is 5.56 Å². The van der Waals surface area contributed by atoms with Crippen LogP contribution in [0.5, 0.6) is 0 Å². The number of nitrogens with zero attached hydrogens (tertiary/aromatic N) is 2. The molecule has 0 N–H and O–H groups in total. The summed E-state index contributed by atoms with van der Waals surface area (Å²) in [6.45, 7) is 5.71. The number of thioether (sulfide) groups is 1. The molecular weight excluding hydrogens is 348 g/mol. The summed E-state index contributed by atoms with van der Waals surface area (Å²) < 4.78 is 6.40. The Kier molecular flexibility index (Phi) is 5.13. The van der Waals surface area contributed by atoms with Crippen LogP contribution in [0.3, 0.4) is 0 Å². The van der Waals surface area contributed by atoms with Gasteiger partial charge in [-0.25, -0.2) is 4.98 Å². The van der Waals surface area contributed by atoms with Gasteiger partial charge in [0, 0.05) is 0 Å². The van der Waals surface area contributed by atoms with Crippen LogP contribution in [0.25, 0.3) is 16.6 Å². The number of benzene rings is 2. The average Bonchev–Trinajstić information content (AvgIpc) is 2.62. The van der Waals surface area contributed by atoms with Crippen LogP contribution in [-0.4, -0.2) is 27.9 Å². The molecule has 0 amide bonds. The molecule has 0 aliphatic carbocycles. The quantitative estimate of drug-likeness (QED) is 0.400. The normalized spacial score (nSPS) is 12.2. The Bertz CT molecular complexity index is 1040. The van der Waals surface area contributed by atoms with Gasteiger partial charge >= 0.3 is 5.97 Å². The van der Waals surface area contributed by atoms with E-state index in [1.165, 1.54) is 18.9 Å². The molecule has 1 aromatic heterocycles. The fourth-order valence-corrected chi connectivity index (χ4v) is 3.78. The number of fused-ring (bicyclic) bond motifs is 1. The van der Waals surface area contributed by atoms with Crippen LogP contribution in [0.4, 0.5) is 0 Å². The van der Waals surface area contributed by atoms with Crippen molar-refractivity contribution in [2.75, 3.05) is 7.11 Å². The van der Waals surface area contributed by atoms with Gasteiger partial charge in [0.15, 0.2) is 5.16 Å². The van der Waals surface area contributed by atoms with E-state index in [9.17, 15) is 9.59 Å². The summed E-state index contributed by atoms with van der Waals surface area (Å²) in [5.41, 5.74) is 3.31. The molecule has 3 rings (SSSR count). The molecule has 1 atom stereocenters. The molecule has 0 saturated carbocycles. The number of carbonyl (C=O) groups is 1. The van der Waals surface area contributed by atoms with E-state index < -0.39 is 5.25 Å². The Morgan fingerprint density at radius 3 is 2.62 bits per heavy atom. The molecule has 1 unspecified atom stereocenters. The maximum absolute atomic E-state index is 13.2. The van der Waals surface area contributed by atoms with Gasteiger partial charge in [-0.3, -0.25) is 14.2 Å². The van der Waals surface area contributed by atoms with Crippen molar-refractivity contribution in [3.8, 4) is 5.69 Å². The number of esters is 1. The highest BCUT2D eigenvalue weighted by Crippen LogP contribution is 2.27. The van der Waals surface area contributed by atoms with Crippen LogP contribution >= 0.6 is 11.8 Å². The van der Waals surface area contributed by atoms with Gasteiger partial charge in [-0.05, 0) is 44.5 Å². The van der Waals surface area contributed by atoms with Crippen LogP contribution in [0.2, 0.25) is 0 Å². The van der Waals surface area contributed by atoms with Gasteiger partial charge in [0.1, 0.15) is 5.25 Å². The first-order chi connectivity index (χ1) is 12.4. The smallest absolute Gasteiger partial charge is 0.318 e. The molecule has 0 saturated heterocycles. The lowest BCUT2D eigenvalue weighted by Gasteiger charge is -2.17. The van der Waals surface area contributed by atoms with Crippen LogP contribution in [-0.2, 0) is 9.53 Å². The second-order valence-corrected chi connectivity index (χ2v) is 7.43. The number of aromatic nitrogens is 2. The largest absolute Gasteiger partial charge is 0.468 e. The summed E-state index contributed by atoms with van der Waals surface area (Å²) in [4.78, 5) is 29.7. The molecule has 6 heteroatoms. The van der Waals surface area contributed by atoms with E-state index in [0.717, 1.165) is 16.8 Å². The van der Waals surface area contributed by atoms with Gasteiger partial charge < -0.3 is 4.74 Å². The van der Waals surface area contributed by atoms with E-state index in [-0.39, 0.29) is 11.5 Å². The van der Waals surface area contributed by atoms with Crippen molar-refractivity contribution in [3.05, 3.63) is 63.9 Å². The van der Waals surface area contributed by atoms with Gasteiger partial charge in [-0.1, -0.05) is 41.6 Å². The summed E-state index contributed by atoms with van der Waals surface area (Å²) in [7, 11) is 1.35. The zero-order valence-electron chi connectivity index (χ0n) is 15.1. The van der Waals surface area contributed by atoms with E-state index in [0.29, 0.717) is 16.1 Å². The van der Waals surface area contributed by atoms with Crippen molar-refractivity contribution < 1.29 is 9.53 Å². The monoisotopic (exact) mass is 368 g/mol. The number of carbonyl (C=O) groups excluding carboxylic acids is 1. The topological polar surface area (TPSA) is 61.2 Å². The highest BCUT2D eigenvalue weighted by atomic mass is 32.2. The molecule has 0 aliphatic heterocycles. The van der Waals surface area contributed by atoms with Crippen molar-refractivity contribution >= 4 is 28.6 Å². The molecule has 1 heterocycles. The van der Waals surface area contributed by atoms with Gasteiger partial charge in [0.25, 0.3) is 5.56 Å². The molecule has 134 valence electrons. The summed E-state index contributed by atoms with van der Waals surface area (Å²) in [6, 6.07) is 13.1. The Labute approximate surface area is 156 Å². The third-order valence-corrected chi connectivity index (χ3v) is 5.18. The number of rotatable bonds is 4. The predicted octanol–water partition coefficient (Wildman–Crippen LogP) is 3.66. The molecule has 2 aromatic carbocycles. The molecule has 3 aromatic rings. The Hall–Kier alpha value is -2.60. The van der Waals surface area contributed by atoms with E-state index in [2.05, 4.69) is 4.98 Å². The van der Waals surface area contributed by atoms with E-state index in [1.54, 1.807) is 23.6 Å². The number of hydrogen-bond acceptors (Lipinski definition) is 5. The number of ether oxygens (including phenoxy) is 1. The number of hydrogen-bond donors (Lipinski definition) is 0. The Morgan fingerprint density at radius 1 is 1.19 bits per heavy atom. The number of aryl methyl sites for hydroxylation is 2. The minimum atomic E-state index is -0.481. The summed E-state index contributed by atoms with van der Waals surface area (Å²) in [5.74, 6) is -0.357. The average molecular weight is 368 g/mol. The first-order valence-electron chi connectivity index (χ1n) is 8.26. The highest BCUT2D eigenvalue weighted by molar-refractivity contribution is 8.00. The van der Waals surface area contributed by atoms with E-state index in [4.69, 9.17) is 4.74 Å². The Balaban J connectivity index is 2.27. The van der Waals surface area contributed by atoms with Gasteiger partial charge in [-0.2, -0.15) is 0 Å². The SMILES string of the molecule is COC(=O)C(C)Sc1nc2ccccc2c(=O)n1-c1ccc(C)cc1C. The fraction of sp³-hybridized carbons (Fsp3) is 0.250. The maximum atomic E-state index is 13.2. The maximum Gasteiger partial charge on any atom is 0.318 e. The second kappa shape index (κ2) is 7.33. The van der Waals surface area contributed by atoms with Crippen molar-refractivity contribution in [3.63, 3.8) is 0 Å². The summed E-state index contributed by atoms with van der Waals surface area (Å²) in [5, 5.41) is 0.533. The molecule has 0 fully saturated rings. The first-order valence-corrected chi connectivity index (χ1v) is 9.14. The molecule has 0 bridgehead atoms. The highest BCUT2D eigenvalue weighted by Gasteiger charge is 2.21. The van der Waals surface area contributed by atoms with Gasteiger partial charge in [0.2, 0.25) is 0 Å². The lowest BCUT2D eigenvalue weighted by Crippen LogP contribution is -2.24. The Morgan fingerprint density at radius 2 is 1.92 bits per heavy atom.